The number of nitrogens with one attached hydrogen (secondary N) is 1. The molecule has 1 amide bonds. The molecule has 0 radical (unpaired) electrons. The number of hydrogen-bond donors (Lipinski definition) is 1. The summed E-state index contributed by atoms with van der Waals surface area (Å²) in [7, 11) is 0. The average molecular weight is 253 g/mol. The first-order chi connectivity index (χ1) is 8.58. The molecule has 0 saturated carbocycles. The largest absolute Gasteiger partial charge is 0.333 e. The van der Waals surface area contributed by atoms with Crippen LogP contribution in [0.3, 0.4) is 0 Å². The van der Waals surface area contributed by atoms with Crippen LogP contribution in [0, 0.1) is 0 Å². The Bertz CT molecular complexity index is 410. The van der Waals surface area contributed by atoms with E-state index in [9.17, 15) is 9.18 Å². The van der Waals surface area contributed by atoms with E-state index in [4.69, 9.17) is 9.47 Å². The molecule has 3 atom stereocenters. The van der Waals surface area contributed by atoms with Gasteiger partial charge in [-0.2, -0.15) is 0 Å². The van der Waals surface area contributed by atoms with E-state index in [0.29, 0.717) is 5.56 Å². The maximum atomic E-state index is 13.8. The van der Waals surface area contributed by atoms with Gasteiger partial charge in [0.15, 0.2) is 0 Å². The van der Waals surface area contributed by atoms with Crippen LogP contribution in [0.25, 0.3) is 0 Å². The van der Waals surface area contributed by atoms with E-state index in [1.807, 2.05) is 19.9 Å². The Kier molecular flexibility index (Phi) is 3.93. The van der Waals surface area contributed by atoms with Gasteiger partial charge in [0.05, 0.1) is 6.10 Å². The Morgan fingerprint density at radius 2 is 2.00 bits per heavy atom. The highest BCUT2D eigenvalue weighted by Gasteiger charge is 2.39. The van der Waals surface area contributed by atoms with E-state index in [0.717, 1.165) is 0 Å². The van der Waals surface area contributed by atoms with Crippen LogP contribution in [-0.4, -0.2) is 24.6 Å². The summed E-state index contributed by atoms with van der Waals surface area (Å²) in [5.41, 5.74) is 0.622. The highest BCUT2D eigenvalue weighted by atomic mass is 19.1. The number of amides is 1. The molecule has 1 N–H and O–H groups in total. The van der Waals surface area contributed by atoms with Crippen LogP contribution in [0.4, 0.5) is 4.39 Å². The highest BCUT2D eigenvalue weighted by Crippen LogP contribution is 2.28. The minimum absolute atomic E-state index is 0.122. The van der Waals surface area contributed by atoms with Crippen molar-refractivity contribution in [2.75, 3.05) is 0 Å². The van der Waals surface area contributed by atoms with Crippen LogP contribution in [-0.2, 0) is 14.3 Å². The van der Waals surface area contributed by atoms with Gasteiger partial charge in [0, 0.05) is 0 Å². The van der Waals surface area contributed by atoms with Gasteiger partial charge in [-0.05, 0) is 19.4 Å². The van der Waals surface area contributed by atoms with Gasteiger partial charge in [0.1, 0.15) is 6.10 Å². The minimum Gasteiger partial charge on any atom is -0.333 e. The monoisotopic (exact) mass is 253 g/mol. The molecule has 2 rings (SSSR count). The molecule has 0 spiro atoms. The van der Waals surface area contributed by atoms with Crippen LogP contribution >= 0.6 is 0 Å². The van der Waals surface area contributed by atoms with Crippen molar-refractivity contribution < 1.29 is 18.7 Å². The van der Waals surface area contributed by atoms with Gasteiger partial charge < -0.3 is 14.8 Å². The van der Waals surface area contributed by atoms with Crippen LogP contribution in [0.5, 0.6) is 0 Å². The number of alkyl halides is 1. The lowest BCUT2D eigenvalue weighted by molar-refractivity contribution is -0.235. The zero-order valence-corrected chi connectivity index (χ0v) is 10.3. The van der Waals surface area contributed by atoms with Crippen LogP contribution in [0.1, 0.15) is 25.5 Å². The zero-order chi connectivity index (χ0) is 13.1. The Morgan fingerprint density at radius 1 is 1.33 bits per heavy atom. The summed E-state index contributed by atoms with van der Waals surface area (Å²) in [5.74, 6) is -0.708. The van der Waals surface area contributed by atoms with Crippen LogP contribution in [0.2, 0.25) is 0 Å². The Labute approximate surface area is 105 Å². The van der Waals surface area contributed by atoms with Crippen molar-refractivity contribution in [1.82, 2.24) is 5.32 Å². The van der Waals surface area contributed by atoms with Crippen molar-refractivity contribution in [2.45, 2.75) is 38.6 Å². The fourth-order valence-electron chi connectivity index (χ4n) is 1.77. The molecule has 1 heterocycles. The Balaban J connectivity index is 2.15. The van der Waals surface area contributed by atoms with E-state index >= 15 is 0 Å². The van der Waals surface area contributed by atoms with Crippen molar-refractivity contribution >= 4 is 5.91 Å². The molecule has 98 valence electrons. The topological polar surface area (TPSA) is 47.6 Å². The molecule has 1 aliphatic rings. The van der Waals surface area contributed by atoms with E-state index < -0.39 is 24.6 Å². The fourth-order valence-corrected chi connectivity index (χ4v) is 1.77. The molecule has 18 heavy (non-hydrogen) atoms. The third-order valence-corrected chi connectivity index (χ3v) is 2.57. The van der Waals surface area contributed by atoms with Gasteiger partial charge in [-0.25, -0.2) is 4.39 Å². The SMILES string of the molecule is CC(C)O[C@@H]1NC(=O)[C@H](F)[C@@H](c2ccccc2)O1. The van der Waals surface area contributed by atoms with Gasteiger partial charge in [0.25, 0.3) is 5.91 Å². The molecule has 4 nitrogen and oxygen atoms in total. The number of hydrogen-bond acceptors (Lipinski definition) is 3. The smallest absolute Gasteiger partial charge is 0.261 e. The van der Waals surface area contributed by atoms with E-state index in [1.165, 1.54) is 0 Å². The first kappa shape index (κ1) is 13.0. The van der Waals surface area contributed by atoms with Gasteiger partial charge in [0.2, 0.25) is 12.6 Å². The number of halogens is 1. The molecule has 0 aromatic heterocycles. The molecule has 0 aliphatic carbocycles. The second-order valence-corrected chi connectivity index (χ2v) is 4.39. The minimum atomic E-state index is -1.72. The molecule has 1 aromatic carbocycles. The van der Waals surface area contributed by atoms with E-state index in [-0.39, 0.29) is 6.10 Å². The molecule has 0 unspecified atom stereocenters. The van der Waals surface area contributed by atoms with Gasteiger partial charge in [-0.3, -0.25) is 4.79 Å². The second-order valence-electron chi connectivity index (χ2n) is 4.39. The standard InChI is InChI=1S/C13H16FNO3/c1-8(2)17-13-15-12(16)10(14)11(18-13)9-6-4-3-5-7-9/h3-8,10-11,13H,1-2H3,(H,15,16)/t10-,11-,13+/m1/s1. The van der Waals surface area contributed by atoms with Gasteiger partial charge >= 0.3 is 0 Å². The van der Waals surface area contributed by atoms with Crippen LogP contribution < -0.4 is 5.32 Å². The molecule has 1 aliphatic heterocycles. The first-order valence-corrected chi connectivity index (χ1v) is 5.88. The first-order valence-electron chi connectivity index (χ1n) is 5.88. The number of ether oxygens (including phenoxy) is 2. The maximum Gasteiger partial charge on any atom is 0.261 e. The molecule has 1 saturated heterocycles. The highest BCUT2D eigenvalue weighted by molar-refractivity contribution is 5.82. The fraction of sp³-hybridized carbons (Fsp3) is 0.462. The third-order valence-electron chi connectivity index (χ3n) is 2.57. The predicted molar refractivity (Wildman–Crippen MR) is 63.3 cm³/mol. The van der Waals surface area contributed by atoms with Crippen molar-refractivity contribution in [3.05, 3.63) is 35.9 Å². The summed E-state index contributed by atoms with van der Waals surface area (Å²) in [6.45, 7) is 3.63. The summed E-state index contributed by atoms with van der Waals surface area (Å²) in [4.78, 5) is 11.5. The maximum absolute atomic E-state index is 13.8. The Hall–Kier alpha value is -1.46. The van der Waals surface area contributed by atoms with Gasteiger partial charge in [-0.1, -0.05) is 30.3 Å². The van der Waals surface area contributed by atoms with Crippen molar-refractivity contribution in [2.24, 2.45) is 0 Å². The average Bonchev–Trinajstić information content (AvgIpc) is 2.34. The summed E-state index contributed by atoms with van der Waals surface area (Å²) in [6, 6.07) is 8.82. The van der Waals surface area contributed by atoms with Crippen molar-refractivity contribution in [1.29, 1.82) is 0 Å². The summed E-state index contributed by atoms with van der Waals surface area (Å²) in [5, 5.41) is 2.34. The van der Waals surface area contributed by atoms with Crippen molar-refractivity contribution in [3.63, 3.8) is 0 Å². The van der Waals surface area contributed by atoms with Gasteiger partial charge in [-0.15, -0.1) is 0 Å². The quantitative estimate of drug-likeness (QED) is 0.895. The normalized spacial score (nSPS) is 28.2. The summed E-state index contributed by atoms with van der Waals surface area (Å²) in [6.07, 6.45) is -3.68. The van der Waals surface area contributed by atoms with E-state index in [1.54, 1.807) is 24.3 Å². The predicted octanol–water partition coefficient (Wildman–Crippen LogP) is 1.92. The number of carbonyl (C=O) groups is 1. The third kappa shape index (κ3) is 2.86. The van der Waals surface area contributed by atoms with Crippen molar-refractivity contribution in [3.8, 4) is 0 Å². The second kappa shape index (κ2) is 5.46. The summed E-state index contributed by atoms with van der Waals surface area (Å²) < 4.78 is 24.6. The lowest BCUT2D eigenvalue weighted by Gasteiger charge is -2.33. The lowest BCUT2D eigenvalue weighted by Crippen LogP contribution is -2.52. The summed E-state index contributed by atoms with van der Waals surface area (Å²) >= 11 is 0. The zero-order valence-electron chi connectivity index (χ0n) is 10.3. The molecule has 5 heteroatoms. The lowest BCUT2D eigenvalue weighted by atomic mass is 10.0. The molecule has 1 fully saturated rings. The molecular formula is C13H16FNO3. The molecular weight excluding hydrogens is 237 g/mol. The van der Waals surface area contributed by atoms with E-state index in [2.05, 4.69) is 5.32 Å². The number of carbonyl (C=O) groups excluding carboxylic acids is 1. The number of benzene rings is 1. The number of rotatable bonds is 3. The molecule has 1 aromatic rings. The molecule has 0 bridgehead atoms. The van der Waals surface area contributed by atoms with Crippen LogP contribution in [0.15, 0.2) is 30.3 Å². The Morgan fingerprint density at radius 3 is 2.61 bits per heavy atom.